The molecule has 0 N–H and O–H groups in total. The van der Waals surface area contributed by atoms with Gasteiger partial charge in [0.25, 0.3) is 0 Å². The van der Waals surface area contributed by atoms with Crippen LogP contribution in [0.5, 0.6) is 0 Å². The third-order valence-electron chi connectivity index (χ3n) is 2.57. The number of aldehydes is 1. The van der Waals surface area contributed by atoms with Crippen LogP contribution in [0.15, 0.2) is 41.4 Å². The first-order valence-corrected chi connectivity index (χ1v) is 6.05. The van der Waals surface area contributed by atoms with Crippen LogP contribution in [0.3, 0.4) is 0 Å². The number of rotatable bonds is 2. The summed E-state index contributed by atoms with van der Waals surface area (Å²) in [6.45, 7) is 0. The van der Waals surface area contributed by atoms with Crippen molar-refractivity contribution >= 4 is 28.5 Å². The Bertz CT molecular complexity index is 677. The predicted octanol–water partition coefficient (Wildman–Crippen LogP) is 3.17. The van der Waals surface area contributed by atoms with Gasteiger partial charge in [0.1, 0.15) is 0 Å². The van der Waals surface area contributed by atoms with E-state index in [1.54, 1.807) is 23.7 Å². The van der Waals surface area contributed by atoms with Crippen LogP contribution in [0.25, 0.3) is 22.2 Å². The van der Waals surface area contributed by atoms with Gasteiger partial charge in [-0.3, -0.25) is 9.78 Å². The first-order chi connectivity index (χ1) is 8.38. The molecule has 0 aliphatic carbocycles. The lowest BCUT2D eigenvalue weighted by atomic mass is 10.1. The van der Waals surface area contributed by atoms with Crippen LogP contribution in [-0.4, -0.2) is 16.3 Å². The third kappa shape index (κ3) is 1.72. The van der Waals surface area contributed by atoms with Crippen molar-refractivity contribution in [2.24, 2.45) is 0 Å². The molecule has 3 aromatic rings. The number of hydrogen-bond acceptors (Lipinski definition) is 4. The summed E-state index contributed by atoms with van der Waals surface area (Å²) in [6.07, 6.45) is 4.25. The van der Waals surface area contributed by atoms with Crippen LogP contribution in [0.1, 0.15) is 10.4 Å². The molecule has 3 aromatic heterocycles. The van der Waals surface area contributed by atoms with Gasteiger partial charge in [-0.15, -0.1) is 0 Å². The molecule has 3 nitrogen and oxygen atoms in total. The zero-order chi connectivity index (χ0) is 11.7. The largest absolute Gasteiger partial charge is 0.298 e. The molecule has 82 valence electrons. The summed E-state index contributed by atoms with van der Waals surface area (Å²) >= 11 is 1.59. The minimum absolute atomic E-state index is 0.613. The zero-order valence-electron chi connectivity index (χ0n) is 8.83. The van der Waals surface area contributed by atoms with Gasteiger partial charge in [0.15, 0.2) is 6.29 Å². The molecule has 4 heteroatoms. The van der Waals surface area contributed by atoms with Gasteiger partial charge in [0.05, 0.1) is 17.4 Å². The number of fused-ring (bicyclic) bond motifs is 1. The van der Waals surface area contributed by atoms with E-state index in [4.69, 9.17) is 0 Å². The number of aromatic nitrogens is 2. The van der Waals surface area contributed by atoms with Gasteiger partial charge >= 0.3 is 0 Å². The summed E-state index contributed by atoms with van der Waals surface area (Å²) in [5.74, 6) is 0. The fraction of sp³-hybridized carbons (Fsp3) is 0. The minimum Gasteiger partial charge on any atom is -0.298 e. The number of thiophene rings is 1. The third-order valence-corrected chi connectivity index (χ3v) is 3.25. The average Bonchev–Trinajstić information content (AvgIpc) is 2.91. The van der Waals surface area contributed by atoms with Gasteiger partial charge < -0.3 is 0 Å². The van der Waals surface area contributed by atoms with Crippen molar-refractivity contribution in [2.45, 2.75) is 0 Å². The van der Waals surface area contributed by atoms with Crippen molar-refractivity contribution in [3.8, 4) is 11.3 Å². The molecule has 0 atom stereocenters. The molecule has 17 heavy (non-hydrogen) atoms. The number of carbonyl (C=O) groups is 1. The summed E-state index contributed by atoms with van der Waals surface area (Å²) in [6, 6.07) is 5.67. The van der Waals surface area contributed by atoms with E-state index in [1.165, 1.54) is 0 Å². The van der Waals surface area contributed by atoms with Gasteiger partial charge in [-0.05, 0) is 23.6 Å². The van der Waals surface area contributed by atoms with Crippen molar-refractivity contribution < 1.29 is 4.79 Å². The molecule has 0 spiro atoms. The van der Waals surface area contributed by atoms with E-state index in [-0.39, 0.29) is 0 Å². The second-order valence-electron chi connectivity index (χ2n) is 3.62. The molecule has 0 fully saturated rings. The van der Waals surface area contributed by atoms with Crippen molar-refractivity contribution in [3.05, 3.63) is 46.9 Å². The van der Waals surface area contributed by atoms with Gasteiger partial charge in [-0.2, -0.15) is 11.3 Å². The Morgan fingerprint density at radius 2 is 2.24 bits per heavy atom. The monoisotopic (exact) mass is 240 g/mol. The first kappa shape index (κ1) is 10.1. The van der Waals surface area contributed by atoms with Crippen LogP contribution < -0.4 is 0 Å². The lowest BCUT2D eigenvalue weighted by molar-refractivity contribution is 0.112. The van der Waals surface area contributed by atoms with Crippen LogP contribution in [-0.2, 0) is 0 Å². The summed E-state index contributed by atoms with van der Waals surface area (Å²) < 4.78 is 0. The molecular weight excluding hydrogens is 232 g/mol. The first-order valence-electron chi connectivity index (χ1n) is 5.11. The molecule has 0 aliphatic heterocycles. The number of nitrogens with zero attached hydrogens (tertiary/aromatic N) is 2. The zero-order valence-corrected chi connectivity index (χ0v) is 9.65. The van der Waals surface area contributed by atoms with Gasteiger partial charge in [-0.25, -0.2) is 4.98 Å². The molecule has 0 unspecified atom stereocenters. The van der Waals surface area contributed by atoms with Crippen LogP contribution in [0.4, 0.5) is 0 Å². The minimum atomic E-state index is 0.613. The lowest BCUT2D eigenvalue weighted by Crippen LogP contribution is -1.92. The Morgan fingerprint density at radius 1 is 1.29 bits per heavy atom. The van der Waals surface area contributed by atoms with Crippen LogP contribution >= 0.6 is 11.3 Å². The highest BCUT2D eigenvalue weighted by atomic mass is 32.1. The summed E-state index contributed by atoms with van der Waals surface area (Å²) in [5.41, 5.74) is 3.12. The molecule has 0 radical (unpaired) electrons. The second-order valence-corrected chi connectivity index (χ2v) is 4.40. The Labute approximate surface area is 102 Å². The fourth-order valence-electron chi connectivity index (χ4n) is 1.75. The average molecular weight is 240 g/mol. The van der Waals surface area contributed by atoms with Gasteiger partial charge in [0, 0.05) is 28.1 Å². The topological polar surface area (TPSA) is 42.9 Å². The molecule has 0 saturated carbocycles. The second kappa shape index (κ2) is 4.07. The van der Waals surface area contributed by atoms with E-state index in [9.17, 15) is 4.79 Å². The highest BCUT2D eigenvalue weighted by molar-refractivity contribution is 7.08. The normalized spacial score (nSPS) is 10.6. The van der Waals surface area contributed by atoms with E-state index in [0.717, 1.165) is 28.4 Å². The van der Waals surface area contributed by atoms with E-state index in [1.807, 2.05) is 29.0 Å². The molecule has 0 saturated heterocycles. The molecule has 0 bridgehead atoms. The Morgan fingerprint density at radius 3 is 3.00 bits per heavy atom. The Hall–Kier alpha value is -2.07. The maximum absolute atomic E-state index is 11.1. The number of carbonyl (C=O) groups excluding carboxylic acids is 1. The molecule has 0 aromatic carbocycles. The molecule has 3 rings (SSSR count). The Kier molecular flexibility index (Phi) is 2.42. The molecular formula is C13H8N2OS. The predicted molar refractivity (Wildman–Crippen MR) is 68.2 cm³/mol. The van der Waals surface area contributed by atoms with E-state index >= 15 is 0 Å². The Balaban J connectivity index is 2.33. The van der Waals surface area contributed by atoms with Gasteiger partial charge in [-0.1, -0.05) is 0 Å². The smallest absolute Gasteiger partial charge is 0.152 e. The highest BCUT2D eigenvalue weighted by Gasteiger charge is 2.08. The highest BCUT2D eigenvalue weighted by Crippen LogP contribution is 2.25. The summed E-state index contributed by atoms with van der Waals surface area (Å²) in [5, 5.41) is 4.89. The molecule has 0 amide bonds. The lowest BCUT2D eigenvalue weighted by Gasteiger charge is -2.04. The number of hydrogen-bond donors (Lipinski definition) is 0. The van der Waals surface area contributed by atoms with Crippen molar-refractivity contribution in [2.75, 3.05) is 0 Å². The summed E-state index contributed by atoms with van der Waals surface area (Å²) in [4.78, 5) is 19.7. The number of pyridine rings is 2. The van der Waals surface area contributed by atoms with E-state index < -0.39 is 0 Å². The van der Waals surface area contributed by atoms with E-state index in [0.29, 0.717) is 5.56 Å². The van der Waals surface area contributed by atoms with E-state index in [2.05, 4.69) is 9.97 Å². The van der Waals surface area contributed by atoms with Crippen LogP contribution in [0.2, 0.25) is 0 Å². The fourth-order valence-corrected chi connectivity index (χ4v) is 2.39. The van der Waals surface area contributed by atoms with Crippen LogP contribution in [0, 0.1) is 0 Å². The van der Waals surface area contributed by atoms with Crippen molar-refractivity contribution in [1.82, 2.24) is 9.97 Å². The molecule has 3 heterocycles. The van der Waals surface area contributed by atoms with Crippen molar-refractivity contribution in [3.63, 3.8) is 0 Å². The maximum atomic E-state index is 11.1. The quantitative estimate of drug-likeness (QED) is 0.646. The van der Waals surface area contributed by atoms with Gasteiger partial charge in [0.2, 0.25) is 0 Å². The summed E-state index contributed by atoms with van der Waals surface area (Å²) in [7, 11) is 0. The standard InChI is InChI=1S/C13H8N2OS/c16-7-11-5-9-1-3-14-6-12(9)15-13(11)10-2-4-17-8-10/h1-8H. The van der Waals surface area contributed by atoms with Crippen molar-refractivity contribution in [1.29, 1.82) is 0 Å². The SMILES string of the molecule is O=Cc1cc2ccncc2nc1-c1ccsc1. The molecule has 0 aliphatic rings. The maximum Gasteiger partial charge on any atom is 0.152 e.